The van der Waals surface area contributed by atoms with Crippen LogP contribution in [0.1, 0.15) is 30.9 Å². The Morgan fingerprint density at radius 3 is 2.77 bits per heavy atom. The summed E-state index contributed by atoms with van der Waals surface area (Å²) in [5.41, 5.74) is 2.03. The van der Waals surface area contributed by atoms with Gasteiger partial charge in [-0.25, -0.2) is 4.98 Å². The maximum atomic E-state index is 5.45. The number of hydrogen-bond acceptors (Lipinski definition) is 7. The number of aromatic nitrogens is 2. The van der Waals surface area contributed by atoms with Crippen LogP contribution in [0.4, 0.5) is 17.5 Å². The number of nitrogens with one attached hydrogen (secondary N) is 2. The van der Waals surface area contributed by atoms with Crippen molar-refractivity contribution in [3.8, 4) is 11.5 Å². The summed E-state index contributed by atoms with van der Waals surface area (Å²) in [5.74, 6) is 3.60. The molecule has 7 heteroatoms. The van der Waals surface area contributed by atoms with E-state index in [1.165, 1.54) is 12.8 Å². The number of fused-ring (bicyclic) bond motifs is 1. The molecule has 2 N–H and O–H groups in total. The standard InChI is InChI=1S/C19H25N5O2/c1-24(2)9-3-8-20-19-22-15(13-4-5-13)11-18(23-19)21-14-6-7-16-17(10-14)26-12-25-16/h6-7,10-11,13H,3-5,8-9,12H2,1-2H3,(H2,20,21,22,23). The third kappa shape index (κ3) is 4.16. The summed E-state index contributed by atoms with van der Waals surface area (Å²) in [6, 6.07) is 7.86. The Hall–Kier alpha value is -2.54. The largest absolute Gasteiger partial charge is 0.454 e. The minimum atomic E-state index is 0.277. The topological polar surface area (TPSA) is 71.5 Å². The van der Waals surface area contributed by atoms with Crippen LogP contribution in [-0.4, -0.2) is 48.8 Å². The third-order valence-corrected chi connectivity index (χ3v) is 4.45. The fourth-order valence-electron chi connectivity index (χ4n) is 2.91. The van der Waals surface area contributed by atoms with E-state index >= 15 is 0 Å². The van der Waals surface area contributed by atoms with Crippen LogP contribution >= 0.6 is 0 Å². The lowest BCUT2D eigenvalue weighted by Gasteiger charge is -2.13. The molecule has 0 atom stereocenters. The Kier molecular flexibility index (Phi) is 4.79. The lowest BCUT2D eigenvalue weighted by molar-refractivity contribution is 0.174. The van der Waals surface area contributed by atoms with E-state index in [4.69, 9.17) is 14.5 Å². The Bertz CT molecular complexity index is 777. The van der Waals surface area contributed by atoms with Gasteiger partial charge in [-0.15, -0.1) is 0 Å². The van der Waals surface area contributed by atoms with Gasteiger partial charge in [0, 0.05) is 30.3 Å². The monoisotopic (exact) mass is 355 g/mol. The number of anilines is 3. The quantitative estimate of drug-likeness (QED) is 0.705. The van der Waals surface area contributed by atoms with Gasteiger partial charge in [0.05, 0.1) is 5.69 Å². The van der Waals surface area contributed by atoms with Crippen LogP contribution in [0.5, 0.6) is 11.5 Å². The van der Waals surface area contributed by atoms with Crippen LogP contribution in [0, 0.1) is 0 Å². The van der Waals surface area contributed by atoms with Crippen molar-refractivity contribution >= 4 is 17.5 Å². The predicted octanol–water partition coefficient (Wildman–Crippen LogP) is 3.19. The first kappa shape index (κ1) is 16.9. The van der Waals surface area contributed by atoms with E-state index in [1.807, 2.05) is 24.3 Å². The molecule has 26 heavy (non-hydrogen) atoms. The molecule has 1 fully saturated rings. The fraction of sp³-hybridized carbons (Fsp3) is 0.474. The average molecular weight is 355 g/mol. The number of hydrogen-bond donors (Lipinski definition) is 2. The molecule has 0 saturated heterocycles. The third-order valence-electron chi connectivity index (χ3n) is 4.45. The second-order valence-corrected chi connectivity index (χ2v) is 7.05. The van der Waals surface area contributed by atoms with Gasteiger partial charge in [-0.3, -0.25) is 0 Å². The maximum Gasteiger partial charge on any atom is 0.231 e. The second-order valence-electron chi connectivity index (χ2n) is 7.05. The van der Waals surface area contributed by atoms with Gasteiger partial charge in [0.2, 0.25) is 12.7 Å². The Morgan fingerprint density at radius 1 is 1.12 bits per heavy atom. The lowest BCUT2D eigenvalue weighted by Crippen LogP contribution is -2.17. The van der Waals surface area contributed by atoms with Crippen LogP contribution in [0.3, 0.4) is 0 Å². The maximum absolute atomic E-state index is 5.45. The molecule has 0 amide bonds. The van der Waals surface area contributed by atoms with E-state index in [9.17, 15) is 0 Å². The van der Waals surface area contributed by atoms with Crippen LogP contribution in [0.15, 0.2) is 24.3 Å². The molecule has 138 valence electrons. The summed E-state index contributed by atoms with van der Waals surface area (Å²) in [6.07, 6.45) is 3.47. The summed E-state index contributed by atoms with van der Waals surface area (Å²) in [4.78, 5) is 11.5. The first-order valence-electron chi connectivity index (χ1n) is 9.11. The summed E-state index contributed by atoms with van der Waals surface area (Å²) in [5, 5.41) is 6.73. The fourth-order valence-corrected chi connectivity index (χ4v) is 2.91. The van der Waals surface area contributed by atoms with Crippen molar-refractivity contribution in [2.75, 3.05) is 44.6 Å². The van der Waals surface area contributed by atoms with Crippen molar-refractivity contribution in [1.29, 1.82) is 0 Å². The van der Waals surface area contributed by atoms with Gasteiger partial charge in [-0.1, -0.05) is 0 Å². The van der Waals surface area contributed by atoms with Crippen molar-refractivity contribution in [3.63, 3.8) is 0 Å². The predicted molar refractivity (Wildman–Crippen MR) is 102 cm³/mol. The molecule has 0 bridgehead atoms. The van der Waals surface area contributed by atoms with Crippen molar-refractivity contribution in [2.45, 2.75) is 25.2 Å². The Labute approximate surface area is 153 Å². The van der Waals surface area contributed by atoms with Crippen molar-refractivity contribution in [2.24, 2.45) is 0 Å². The Morgan fingerprint density at radius 2 is 1.96 bits per heavy atom. The molecule has 0 unspecified atom stereocenters. The lowest BCUT2D eigenvalue weighted by atomic mass is 10.2. The molecule has 1 aromatic heterocycles. The first-order valence-corrected chi connectivity index (χ1v) is 9.11. The molecule has 2 heterocycles. The van der Waals surface area contributed by atoms with E-state index in [0.717, 1.165) is 48.2 Å². The SMILES string of the molecule is CN(C)CCCNc1nc(Nc2ccc3c(c2)OCO3)cc(C2CC2)n1. The zero-order chi connectivity index (χ0) is 17.9. The van der Waals surface area contributed by atoms with Crippen LogP contribution in [-0.2, 0) is 0 Å². The van der Waals surface area contributed by atoms with E-state index in [1.54, 1.807) is 0 Å². The van der Waals surface area contributed by atoms with Gasteiger partial charge in [0.15, 0.2) is 11.5 Å². The number of benzene rings is 1. The molecule has 0 spiro atoms. The summed E-state index contributed by atoms with van der Waals surface area (Å²) in [6.45, 7) is 2.17. The molecule has 0 radical (unpaired) electrons. The van der Waals surface area contributed by atoms with Crippen molar-refractivity contribution in [3.05, 3.63) is 30.0 Å². The highest BCUT2D eigenvalue weighted by molar-refractivity contribution is 5.62. The van der Waals surface area contributed by atoms with Gasteiger partial charge >= 0.3 is 0 Å². The minimum Gasteiger partial charge on any atom is -0.454 e. The van der Waals surface area contributed by atoms with Crippen LogP contribution in [0.2, 0.25) is 0 Å². The van der Waals surface area contributed by atoms with Gasteiger partial charge in [-0.05, 0) is 52.0 Å². The highest BCUT2D eigenvalue weighted by Gasteiger charge is 2.26. The average Bonchev–Trinajstić information content (AvgIpc) is 3.37. The van der Waals surface area contributed by atoms with E-state index < -0.39 is 0 Å². The Balaban J connectivity index is 1.47. The molecule has 1 aliphatic heterocycles. The van der Waals surface area contributed by atoms with E-state index in [-0.39, 0.29) is 6.79 Å². The second kappa shape index (κ2) is 7.37. The molecule has 1 saturated carbocycles. The van der Waals surface area contributed by atoms with Crippen LogP contribution < -0.4 is 20.1 Å². The smallest absolute Gasteiger partial charge is 0.231 e. The van der Waals surface area contributed by atoms with Gasteiger partial charge < -0.3 is 25.0 Å². The molecule has 7 nitrogen and oxygen atoms in total. The number of rotatable bonds is 8. The van der Waals surface area contributed by atoms with E-state index in [2.05, 4.69) is 34.6 Å². The van der Waals surface area contributed by atoms with Crippen LogP contribution in [0.25, 0.3) is 0 Å². The van der Waals surface area contributed by atoms with Gasteiger partial charge in [0.25, 0.3) is 0 Å². The minimum absolute atomic E-state index is 0.277. The zero-order valence-electron chi connectivity index (χ0n) is 15.3. The van der Waals surface area contributed by atoms with Crippen molar-refractivity contribution < 1.29 is 9.47 Å². The molecule has 2 aliphatic rings. The number of nitrogens with zero attached hydrogens (tertiary/aromatic N) is 3. The molecule has 1 aromatic carbocycles. The highest BCUT2D eigenvalue weighted by atomic mass is 16.7. The summed E-state index contributed by atoms with van der Waals surface area (Å²) in [7, 11) is 4.16. The number of ether oxygens (including phenoxy) is 2. The molecule has 2 aromatic rings. The van der Waals surface area contributed by atoms with E-state index in [0.29, 0.717) is 11.9 Å². The molecule has 1 aliphatic carbocycles. The summed E-state index contributed by atoms with van der Waals surface area (Å²) < 4.78 is 10.8. The normalized spacial score (nSPS) is 15.3. The first-order chi connectivity index (χ1) is 12.7. The van der Waals surface area contributed by atoms with Crippen molar-refractivity contribution in [1.82, 2.24) is 14.9 Å². The van der Waals surface area contributed by atoms with Gasteiger partial charge in [-0.2, -0.15) is 4.98 Å². The zero-order valence-corrected chi connectivity index (χ0v) is 15.3. The molecular weight excluding hydrogens is 330 g/mol. The molecular formula is C19H25N5O2. The highest BCUT2D eigenvalue weighted by Crippen LogP contribution is 2.40. The van der Waals surface area contributed by atoms with Gasteiger partial charge in [0.1, 0.15) is 5.82 Å². The molecule has 4 rings (SSSR count). The summed E-state index contributed by atoms with van der Waals surface area (Å²) >= 11 is 0.